The molecule has 1 aromatic carbocycles. The zero-order valence-electron chi connectivity index (χ0n) is 12.3. The minimum atomic E-state index is -0.858. The number of nitrogens with one attached hydrogen (secondary N) is 1. The molecule has 0 aromatic heterocycles. The molecule has 114 valence electrons. The molecule has 0 spiro atoms. The van der Waals surface area contributed by atoms with Gasteiger partial charge in [0.15, 0.2) is 0 Å². The molecule has 1 aromatic rings. The number of amides is 1. The molecule has 3 unspecified atom stereocenters. The fraction of sp³-hybridized carbons (Fsp3) is 0.500. The van der Waals surface area contributed by atoms with Crippen molar-refractivity contribution >= 4 is 29.3 Å². The number of carbonyl (C=O) groups is 2. The second kappa shape index (κ2) is 6.98. The first-order valence-electron chi connectivity index (χ1n) is 7.22. The lowest BCUT2D eigenvalue weighted by Crippen LogP contribution is -2.29. The lowest BCUT2D eigenvalue weighted by molar-refractivity contribution is -0.145. The van der Waals surface area contributed by atoms with Crippen molar-refractivity contribution in [2.75, 3.05) is 11.6 Å². The number of anilines is 1. The van der Waals surface area contributed by atoms with Crippen LogP contribution in [0.5, 0.6) is 0 Å². The molecule has 4 nitrogen and oxygen atoms in total. The van der Waals surface area contributed by atoms with Gasteiger partial charge in [0.05, 0.1) is 11.8 Å². The Morgan fingerprint density at radius 1 is 1.24 bits per heavy atom. The number of carboxylic acid groups (broad SMARTS) is 1. The van der Waals surface area contributed by atoms with Gasteiger partial charge < -0.3 is 10.4 Å². The molecule has 2 rings (SSSR count). The number of hydrogen-bond acceptors (Lipinski definition) is 3. The fourth-order valence-corrected chi connectivity index (χ4v) is 3.36. The monoisotopic (exact) mass is 307 g/mol. The van der Waals surface area contributed by atoms with Crippen LogP contribution in [0.25, 0.3) is 0 Å². The molecule has 1 amide bonds. The van der Waals surface area contributed by atoms with E-state index in [1.54, 1.807) is 11.8 Å². The van der Waals surface area contributed by atoms with Crippen LogP contribution < -0.4 is 5.32 Å². The standard InChI is InChI=1S/C16H21NO3S/c1-3-10-8-13(14(9-10)16(19)20)15(18)17-11-4-6-12(21-2)7-5-11/h4-7,10,13-14H,3,8-9H2,1-2H3,(H,17,18)(H,19,20). The van der Waals surface area contributed by atoms with E-state index >= 15 is 0 Å². The Kier molecular flexibility index (Phi) is 5.28. The number of thioether (sulfide) groups is 1. The molecule has 5 heteroatoms. The molecule has 21 heavy (non-hydrogen) atoms. The Balaban J connectivity index is 2.05. The second-order valence-electron chi connectivity index (χ2n) is 5.51. The zero-order valence-corrected chi connectivity index (χ0v) is 13.2. The quantitative estimate of drug-likeness (QED) is 0.817. The van der Waals surface area contributed by atoms with Crippen molar-refractivity contribution in [3.05, 3.63) is 24.3 Å². The van der Waals surface area contributed by atoms with Gasteiger partial charge in [0.25, 0.3) is 0 Å². The predicted molar refractivity (Wildman–Crippen MR) is 84.5 cm³/mol. The summed E-state index contributed by atoms with van der Waals surface area (Å²) in [6.45, 7) is 2.05. The summed E-state index contributed by atoms with van der Waals surface area (Å²) in [5.74, 6) is -1.67. The Morgan fingerprint density at radius 2 is 1.86 bits per heavy atom. The maximum atomic E-state index is 12.4. The van der Waals surface area contributed by atoms with Gasteiger partial charge in [-0.15, -0.1) is 11.8 Å². The highest BCUT2D eigenvalue weighted by atomic mass is 32.2. The molecule has 0 bridgehead atoms. The van der Waals surface area contributed by atoms with Crippen LogP contribution in [0.1, 0.15) is 26.2 Å². The molecule has 1 saturated carbocycles. The molecule has 1 aliphatic rings. The van der Waals surface area contributed by atoms with E-state index in [2.05, 4.69) is 5.32 Å². The summed E-state index contributed by atoms with van der Waals surface area (Å²) < 4.78 is 0. The maximum absolute atomic E-state index is 12.4. The Labute approximate surface area is 129 Å². The highest BCUT2D eigenvalue weighted by Crippen LogP contribution is 2.39. The largest absolute Gasteiger partial charge is 0.481 e. The van der Waals surface area contributed by atoms with Gasteiger partial charge in [-0.3, -0.25) is 9.59 Å². The van der Waals surface area contributed by atoms with Crippen LogP contribution in [-0.2, 0) is 9.59 Å². The first-order valence-corrected chi connectivity index (χ1v) is 8.45. The molecular weight excluding hydrogens is 286 g/mol. The molecule has 3 atom stereocenters. The summed E-state index contributed by atoms with van der Waals surface area (Å²) in [4.78, 5) is 24.8. The van der Waals surface area contributed by atoms with Gasteiger partial charge in [-0.25, -0.2) is 0 Å². The van der Waals surface area contributed by atoms with Crippen LogP contribution in [0.15, 0.2) is 29.2 Å². The van der Waals surface area contributed by atoms with Gasteiger partial charge >= 0.3 is 5.97 Å². The molecule has 2 N–H and O–H groups in total. The summed E-state index contributed by atoms with van der Waals surface area (Å²) in [5, 5.41) is 12.2. The molecule has 0 aliphatic heterocycles. The van der Waals surface area contributed by atoms with Crippen molar-refractivity contribution < 1.29 is 14.7 Å². The van der Waals surface area contributed by atoms with Crippen molar-refractivity contribution in [1.82, 2.24) is 0 Å². The topological polar surface area (TPSA) is 66.4 Å². The maximum Gasteiger partial charge on any atom is 0.307 e. The number of rotatable bonds is 5. The third-order valence-electron chi connectivity index (χ3n) is 4.25. The number of hydrogen-bond donors (Lipinski definition) is 2. The van der Waals surface area contributed by atoms with Crippen molar-refractivity contribution in [3.63, 3.8) is 0 Å². The van der Waals surface area contributed by atoms with Gasteiger partial charge in [0, 0.05) is 10.6 Å². The van der Waals surface area contributed by atoms with Crippen molar-refractivity contribution in [1.29, 1.82) is 0 Å². The van der Waals surface area contributed by atoms with Gasteiger partial charge in [-0.05, 0) is 49.3 Å². The van der Waals surface area contributed by atoms with E-state index in [4.69, 9.17) is 0 Å². The normalized spacial score (nSPS) is 24.8. The van der Waals surface area contributed by atoms with Gasteiger partial charge in [0.1, 0.15) is 0 Å². The Hall–Kier alpha value is -1.49. The van der Waals surface area contributed by atoms with E-state index in [0.29, 0.717) is 18.8 Å². The minimum Gasteiger partial charge on any atom is -0.481 e. The zero-order chi connectivity index (χ0) is 15.4. The van der Waals surface area contributed by atoms with E-state index < -0.39 is 17.8 Å². The Bertz CT molecular complexity index is 515. The lowest BCUT2D eigenvalue weighted by Gasteiger charge is -2.15. The van der Waals surface area contributed by atoms with E-state index in [1.165, 1.54) is 0 Å². The molecule has 1 fully saturated rings. The first-order chi connectivity index (χ1) is 10.0. The average molecular weight is 307 g/mol. The highest BCUT2D eigenvalue weighted by Gasteiger charge is 2.42. The van der Waals surface area contributed by atoms with Gasteiger partial charge in [-0.1, -0.05) is 13.3 Å². The first kappa shape index (κ1) is 15.9. The minimum absolute atomic E-state index is 0.171. The van der Waals surface area contributed by atoms with Gasteiger partial charge in [-0.2, -0.15) is 0 Å². The van der Waals surface area contributed by atoms with Gasteiger partial charge in [0.2, 0.25) is 5.91 Å². The second-order valence-corrected chi connectivity index (χ2v) is 6.39. The highest BCUT2D eigenvalue weighted by molar-refractivity contribution is 7.98. The van der Waals surface area contributed by atoms with E-state index in [9.17, 15) is 14.7 Å². The summed E-state index contributed by atoms with van der Waals surface area (Å²) in [5.41, 5.74) is 0.724. The van der Waals surface area contributed by atoms with Crippen LogP contribution >= 0.6 is 11.8 Å². The Morgan fingerprint density at radius 3 is 2.38 bits per heavy atom. The number of aliphatic carboxylic acids is 1. The molecule has 0 saturated heterocycles. The smallest absolute Gasteiger partial charge is 0.307 e. The van der Waals surface area contributed by atoms with E-state index in [0.717, 1.165) is 17.0 Å². The molecule has 1 aliphatic carbocycles. The predicted octanol–water partition coefficient (Wildman–Crippen LogP) is 3.48. The molecular formula is C16H21NO3S. The SMILES string of the molecule is CCC1CC(C(=O)O)C(C(=O)Nc2ccc(SC)cc2)C1. The van der Waals surface area contributed by atoms with Crippen molar-refractivity contribution in [2.45, 2.75) is 31.1 Å². The van der Waals surface area contributed by atoms with Crippen LogP contribution in [0, 0.1) is 17.8 Å². The van der Waals surface area contributed by atoms with Crippen LogP contribution in [0.3, 0.4) is 0 Å². The van der Waals surface area contributed by atoms with Crippen molar-refractivity contribution in [3.8, 4) is 0 Å². The summed E-state index contributed by atoms with van der Waals surface area (Å²) in [6, 6.07) is 7.59. The number of carboxylic acids is 1. The van der Waals surface area contributed by atoms with Crippen LogP contribution in [0.4, 0.5) is 5.69 Å². The van der Waals surface area contributed by atoms with E-state index in [-0.39, 0.29) is 5.91 Å². The number of carbonyl (C=O) groups excluding carboxylic acids is 1. The summed E-state index contributed by atoms with van der Waals surface area (Å²) in [7, 11) is 0. The molecule has 0 heterocycles. The summed E-state index contributed by atoms with van der Waals surface area (Å²) in [6.07, 6.45) is 4.20. The lowest BCUT2D eigenvalue weighted by atomic mass is 9.95. The summed E-state index contributed by atoms with van der Waals surface area (Å²) >= 11 is 1.64. The average Bonchev–Trinajstić information content (AvgIpc) is 2.92. The van der Waals surface area contributed by atoms with Crippen LogP contribution in [0.2, 0.25) is 0 Å². The molecule has 0 radical (unpaired) electrons. The number of benzene rings is 1. The van der Waals surface area contributed by atoms with Crippen LogP contribution in [-0.4, -0.2) is 23.2 Å². The van der Waals surface area contributed by atoms with Crippen molar-refractivity contribution in [2.24, 2.45) is 17.8 Å². The third-order valence-corrected chi connectivity index (χ3v) is 4.99. The van der Waals surface area contributed by atoms with E-state index in [1.807, 2.05) is 37.4 Å². The fourth-order valence-electron chi connectivity index (χ4n) is 2.95. The third kappa shape index (κ3) is 3.79.